The number of benzene rings is 3. The number of carbonyl (C=O) groups excluding carboxylic acids is 2. The Hall–Kier alpha value is -3.66. The van der Waals surface area contributed by atoms with Gasteiger partial charge in [-0.15, -0.1) is 0 Å². The van der Waals surface area contributed by atoms with E-state index in [1.807, 2.05) is 66.7 Å². The lowest BCUT2D eigenvalue weighted by Gasteiger charge is -2.14. The van der Waals surface area contributed by atoms with Gasteiger partial charge in [0.15, 0.2) is 0 Å². The number of hydrogen-bond donors (Lipinski definition) is 0. The van der Waals surface area contributed by atoms with Crippen LogP contribution in [-0.4, -0.2) is 11.8 Å². The maximum atomic E-state index is 11.8. The molecule has 4 nitrogen and oxygen atoms in total. The van der Waals surface area contributed by atoms with Gasteiger partial charge in [0.1, 0.15) is 17.1 Å². The summed E-state index contributed by atoms with van der Waals surface area (Å²) < 4.78 is 11.4. The Balaban J connectivity index is 1.82. The van der Waals surface area contributed by atoms with Crippen LogP contribution in [0.25, 0.3) is 33.4 Å². The topological polar surface area (TPSA) is 56.5 Å². The largest absolute Gasteiger partial charge is 0.455 e. The van der Waals surface area contributed by atoms with Crippen LogP contribution in [0.5, 0.6) is 5.75 Å². The average Bonchev–Trinajstić information content (AvgIpc) is 3.07. The number of ketones is 1. The summed E-state index contributed by atoms with van der Waals surface area (Å²) in [6.07, 6.45) is 0.0458. The van der Waals surface area contributed by atoms with Gasteiger partial charge in [-0.3, -0.25) is 4.79 Å². The van der Waals surface area contributed by atoms with Crippen LogP contribution in [-0.2, 0) is 16.0 Å². The molecule has 5 rings (SSSR count). The van der Waals surface area contributed by atoms with Crippen LogP contribution in [0.4, 0.5) is 0 Å². The van der Waals surface area contributed by atoms with Gasteiger partial charge < -0.3 is 9.15 Å². The van der Waals surface area contributed by atoms with Crippen LogP contribution in [0.1, 0.15) is 5.56 Å². The van der Waals surface area contributed by atoms with Crippen molar-refractivity contribution >= 4 is 22.7 Å². The summed E-state index contributed by atoms with van der Waals surface area (Å²) in [6.45, 7) is 0. The molecule has 0 saturated carbocycles. The maximum Gasteiger partial charge on any atom is 0.380 e. The molecule has 2 heterocycles. The third kappa shape index (κ3) is 2.54. The highest BCUT2D eigenvalue weighted by Crippen LogP contribution is 2.43. The fourth-order valence-corrected chi connectivity index (χ4v) is 3.49. The highest BCUT2D eigenvalue weighted by Gasteiger charge is 2.28. The molecule has 0 saturated heterocycles. The van der Waals surface area contributed by atoms with Crippen LogP contribution in [0, 0.1) is 0 Å². The summed E-state index contributed by atoms with van der Waals surface area (Å²) in [5.74, 6) is -0.216. The number of esters is 1. The summed E-state index contributed by atoms with van der Waals surface area (Å²) in [7, 11) is 0. The number of ether oxygens (including phenoxy) is 1. The van der Waals surface area contributed by atoms with Gasteiger partial charge in [-0.1, -0.05) is 60.7 Å². The van der Waals surface area contributed by atoms with E-state index in [1.54, 1.807) is 6.07 Å². The molecule has 1 aliphatic heterocycles. The molecule has 0 spiro atoms. The summed E-state index contributed by atoms with van der Waals surface area (Å²) in [5.41, 5.74) is 4.26. The monoisotopic (exact) mass is 354 g/mol. The summed E-state index contributed by atoms with van der Waals surface area (Å²) in [4.78, 5) is 23.4. The normalized spacial score (nSPS) is 13.5. The first-order valence-electron chi connectivity index (χ1n) is 8.66. The SMILES string of the molecule is O=C1Cc2cc3c(-c4ccccc4)c(-c4ccccc4)oc3cc2OC1=O. The Labute approximate surface area is 155 Å². The highest BCUT2D eigenvalue weighted by molar-refractivity contribution is 6.35. The molecule has 27 heavy (non-hydrogen) atoms. The number of Topliss-reactive ketones (excluding diaryl/α,β-unsaturated/α-hetero) is 1. The third-order valence-electron chi connectivity index (χ3n) is 4.75. The van der Waals surface area contributed by atoms with E-state index >= 15 is 0 Å². The van der Waals surface area contributed by atoms with Gasteiger partial charge in [-0.05, 0) is 11.6 Å². The maximum absolute atomic E-state index is 11.8. The smallest absolute Gasteiger partial charge is 0.380 e. The molecule has 130 valence electrons. The summed E-state index contributed by atoms with van der Waals surface area (Å²) >= 11 is 0. The van der Waals surface area contributed by atoms with Crippen LogP contribution < -0.4 is 4.74 Å². The van der Waals surface area contributed by atoms with Crippen molar-refractivity contribution < 1.29 is 18.7 Å². The van der Waals surface area contributed by atoms with Gasteiger partial charge in [0, 0.05) is 34.6 Å². The minimum absolute atomic E-state index is 0.0458. The molecule has 0 fully saturated rings. The first-order valence-corrected chi connectivity index (χ1v) is 8.66. The molecule has 1 aliphatic rings. The van der Waals surface area contributed by atoms with Gasteiger partial charge in [-0.2, -0.15) is 0 Å². The molecular formula is C23H14O4. The van der Waals surface area contributed by atoms with Crippen molar-refractivity contribution in [3.05, 3.63) is 78.4 Å². The van der Waals surface area contributed by atoms with Crippen molar-refractivity contribution in [2.45, 2.75) is 6.42 Å². The van der Waals surface area contributed by atoms with Crippen molar-refractivity contribution in [1.29, 1.82) is 0 Å². The molecule has 0 bridgehead atoms. The third-order valence-corrected chi connectivity index (χ3v) is 4.75. The fraction of sp³-hybridized carbons (Fsp3) is 0.0435. The molecule has 4 heteroatoms. The van der Waals surface area contributed by atoms with E-state index in [4.69, 9.17) is 9.15 Å². The molecule has 0 atom stereocenters. The lowest BCUT2D eigenvalue weighted by Crippen LogP contribution is -2.27. The lowest BCUT2D eigenvalue weighted by atomic mass is 9.96. The zero-order valence-electron chi connectivity index (χ0n) is 14.3. The Morgan fingerprint density at radius 3 is 2.15 bits per heavy atom. The van der Waals surface area contributed by atoms with Gasteiger partial charge in [0.05, 0.1) is 0 Å². The molecule has 1 aromatic heterocycles. The van der Waals surface area contributed by atoms with Crippen molar-refractivity contribution in [2.75, 3.05) is 0 Å². The minimum Gasteiger partial charge on any atom is -0.455 e. The summed E-state index contributed by atoms with van der Waals surface area (Å²) in [6, 6.07) is 23.4. The highest BCUT2D eigenvalue weighted by atomic mass is 16.5. The average molecular weight is 354 g/mol. The first kappa shape index (κ1) is 15.6. The predicted molar refractivity (Wildman–Crippen MR) is 101 cm³/mol. The second-order valence-corrected chi connectivity index (χ2v) is 6.48. The second-order valence-electron chi connectivity index (χ2n) is 6.48. The molecule has 0 unspecified atom stereocenters. The van der Waals surface area contributed by atoms with Crippen molar-refractivity contribution in [1.82, 2.24) is 0 Å². The number of hydrogen-bond acceptors (Lipinski definition) is 4. The zero-order valence-corrected chi connectivity index (χ0v) is 14.3. The molecular weight excluding hydrogens is 340 g/mol. The van der Waals surface area contributed by atoms with E-state index in [-0.39, 0.29) is 6.42 Å². The molecule has 3 aromatic carbocycles. The van der Waals surface area contributed by atoms with E-state index < -0.39 is 11.8 Å². The van der Waals surface area contributed by atoms with Crippen molar-refractivity contribution in [3.63, 3.8) is 0 Å². The van der Waals surface area contributed by atoms with E-state index in [0.717, 1.165) is 27.8 Å². The Morgan fingerprint density at radius 2 is 1.44 bits per heavy atom. The molecule has 0 amide bonds. The number of fused-ring (bicyclic) bond motifs is 2. The number of furan rings is 1. The minimum atomic E-state index is -0.819. The van der Waals surface area contributed by atoms with Crippen LogP contribution in [0.3, 0.4) is 0 Å². The fourth-order valence-electron chi connectivity index (χ4n) is 3.49. The van der Waals surface area contributed by atoms with E-state index in [1.165, 1.54) is 0 Å². The van der Waals surface area contributed by atoms with Crippen molar-refractivity contribution in [2.24, 2.45) is 0 Å². The van der Waals surface area contributed by atoms with Gasteiger partial charge >= 0.3 is 5.97 Å². The molecule has 0 radical (unpaired) electrons. The molecule has 4 aromatic rings. The van der Waals surface area contributed by atoms with E-state index in [0.29, 0.717) is 16.9 Å². The van der Waals surface area contributed by atoms with E-state index in [2.05, 4.69) is 0 Å². The predicted octanol–water partition coefficient (Wildman–Crippen LogP) is 4.80. The Morgan fingerprint density at radius 1 is 0.778 bits per heavy atom. The zero-order chi connectivity index (χ0) is 18.4. The first-order chi connectivity index (χ1) is 13.2. The van der Waals surface area contributed by atoms with Gasteiger partial charge in [0.25, 0.3) is 0 Å². The van der Waals surface area contributed by atoms with Crippen LogP contribution >= 0.6 is 0 Å². The second kappa shape index (κ2) is 5.95. The molecule has 0 aliphatic carbocycles. The Bertz CT molecular complexity index is 1190. The van der Waals surface area contributed by atoms with Gasteiger partial charge in [0.2, 0.25) is 5.78 Å². The Kier molecular flexibility index (Phi) is 3.44. The standard InChI is InChI=1S/C23H14O4/c24-18-12-16-11-17-20(13-19(16)27-23(18)25)26-22(15-9-5-2-6-10-15)21(17)14-7-3-1-4-8-14/h1-11,13H,12H2. The summed E-state index contributed by atoms with van der Waals surface area (Å²) in [5, 5.41) is 0.893. The van der Waals surface area contributed by atoms with Crippen LogP contribution in [0.2, 0.25) is 0 Å². The van der Waals surface area contributed by atoms with Crippen LogP contribution in [0.15, 0.2) is 77.2 Å². The number of rotatable bonds is 2. The van der Waals surface area contributed by atoms with Gasteiger partial charge in [-0.25, -0.2) is 4.79 Å². The quantitative estimate of drug-likeness (QED) is 0.295. The molecule has 0 N–H and O–H groups in total. The van der Waals surface area contributed by atoms with Crippen molar-refractivity contribution in [3.8, 4) is 28.2 Å². The lowest BCUT2D eigenvalue weighted by molar-refractivity contribution is -0.147. The number of carbonyl (C=O) groups is 2. The van der Waals surface area contributed by atoms with E-state index in [9.17, 15) is 9.59 Å².